The Labute approximate surface area is 28.5 Å². The number of aryl methyl sites for hydroxylation is 1. The zero-order valence-corrected chi connectivity index (χ0v) is 2.76. The average Bonchev–Trinajstić information content (AvgIpc) is 1.30. The molecule has 0 N–H and O–H groups in total. The highest BCUT2D eigenvalue weighted by Gasteiger charge is 1.85. The van der Waals surface area contributed by atoms with Gasteiger partial charge < -0.3 is 0 Å². The third-order valence-electron chi connectivity index (χ3n) is 0.324. The molecule has 0 amide bonds. The van der Waals surface area contributed by atoms with Crippen molar-refractivity contribution in [1.82, 2.24) is 5.16 Å². The van der Waals surface area contributed by atoms with Crippen molar-refractivity contribution in [3.05, 3.63) is 5.89 Å². The second-order valence-electron chi connectivity index (χ2n) is 0.768. The standard InChI is InChI=1S/C2H3NO2/c1-2-3-5-4-2/h1H3. The molecule has 0 unspecified atom stereocenters. The van der Waals surface area contributed by atoms with Crippen molar-refractivity contribution in [1.29, 1.82) is 0 Å². The van der Waals surface area contributed by atoms with Crippen LogP contribution in [-0.4, -0.2) is 5.16 Å². The van der Waals surface area contributed by atoms with Crippen LogP contribution in [0.4, 0.5) is 0 Å². The third-order valence-corrected chi connectivity index (χ3v) is 0.324. The van der Waals surface area contributed by atoms with Crippen LogP contribution in [0.2, 0.25) is 0 Å². The number of rotatable bonds is 0. The van der Waals surface area contributed by atoms with Crippen molar-refractivity contribution in [2.75, 3.05) is 0 Å². The highest BCUT2D eigenvalue weighted by atomic mass is 17.0. The van der Waals surface area contributed by atoms with Crippen LogP contribution in [0.25, 0.3) is 0 Å². The molecule has 0 aromatic carbocycles. The summed E-state index contributed by atoms with van der Waals surface area (Å²) < 4.78 is 8.10. The van der Waals surface area contributed by atoms with E-state index in [1.54, 1.807) is 6.92 Å². The number of nitrogens with zero attached hydrogens (tertiary/aromatic N) is 1. The van der Waals surface area contributed by atoms with Crippen LogP contribution < -0.4 is 0 Å². The normalized spacial score (nSPS) is 9.00. The largest absolute Gasteiger partial charge is 0.285 e. The van der Waals surface area contributed by atoms with Crippen molar-refractivity contribution in [2.24, 2.45) is 0 Å². The summed E-state index contributed by atoms with van der Waals surface area (Å²) in [5, 5.41) is 3.26. The lowest BCUT2D eigenvalue weighted by Gasteiger charge is -1.80. The molecule has 0 fully saturated rings. The van der Waals surface area contributed by atoms with Gasteiger partial charge in [0.15, 0.2) is 0 Å². The molecular weight excluding hydrogens is 70.0 g/mol. The fraction of sp³-hybridized carbons (Fsp3) is 0.500. The molecule has 0 radical (unpaired) electrons. The van der Waals surface area contributed by atoms with Crippen LogP contribution in [0.3, 0.4) is 0 Å². The molecule has 0 aliphatic heterocycles. The minimum absolute atomic E-state index is 0.588. The van der Waals surface area contributed by atoms with Gasteiger partial charge in [-0.1, -0.05) is 0 Å². The first kappa shape index (κ1) is 2.50. The predicted octanol–water partition coefficient (Wildman–Crippen LogP) is 0.576. The average molecular weight is 73.1 g/mol. The fourth-order valence-corrected chi connectivity index (χ4v) is 0.112. The molecular formula is C2H3NO2. The van der Waals surface area contributed by atoms with Gasteiger partial charge in [0.1, 0.15) is 0 Å². The summed E-state index contributed by atoms with van der Waals surface area (Å²) >= 11 is 0. The molecule has 1 aromatic rings. The van der Waals surface area contributed by atoms with Crippen molar-refractivity contribution in [2.45, 2.75) is 6.92 Å². The van der Waals surface area contributed by atoms with E-state index in [2.05, 4.69) is 14.4 Å². The molecule has 28 valence electrons. The van der Waals surface area contributed by atoms with E-state index in [9.17, 15) is 0 Å². The first-order valence-corrected chi connectivity index (χ1v) is 1.28. The summed E-state index contributed by atoms with van der Waals surface area (Å²) in [5.41, 5.74) is 0. The van der Waals surface area contributed by atoms with Gasteiger partial charge in [-0.3, -0.25) is 0 Å². The summed E-state index contributed by atoms with van der Waals surface area (Å²) in [6.07, 6.45) is 0. The maximum Gasteiger partial charge on any atom is 0.285 e. The highest BCUT2D eigenvalue weighted by Crippen LogP contribution is 1.87. The Bertz CT molecular complexity index is 89.8. The van der Waals surface area contributed by atoms with Crippen molar-refractivity contribution >= 4 is 0 Å². The molecule has 0 saturated heterocycles. The van der Waals surface area contributed by atoms with E-state index in [-0.39, 0.29) is 0 Å². The van der Waals surface area contributed by atoms with Gasteiger partial charge in [0, 0.05) is 12.1 Å². The van der Waals surface area contributed by atoms with E-state index in [0.29, 0.717) is 5.89 Å². The first-order valence-electron chi connectivity index (χ1n) is 1.28. The smallest absolute Gasteiger partial charge is 0.248 e. The minimum Gasteiger partial charge on any atom is -0.248 e. The molecule has 1 rings (SSSR count). The van der Waals surface area contributed by atoms with E-state index in [4.69, 9.17) is 0 Å². The number of hydrogen-bond donors (Lipinski definition) is 0. The lowest BCUT2D eigenvalue weighted by molar-refractivity contribution is -0.0920. The van der Waals surface area contributed by atoms with E-state index in [0.717, 1.165) is 0 Å². The summed E-state index contributed by atoms with van der Waals surface area (Å²) in [7, 11) is 0. The van der Waals surface area contributed by atoms with E-state index in [1.807, 2.05) is 0 Å². The second kappa shape index (κ2) is 0.607. The molecule has 0 spiro atoms. The summed E-state index contributed by atoms with van der Waals surface area (Å²) in [5.74, 6) is 0.588. The van der Waals surface area contributed by atoms with Gasteiger partial charge in [-0.25, -0.2) is 4.58 Å². The fourth-order valence-electron chi connectivity index (χ4n) is 0.112. The number of aromatic nitrogens is 1. The van der Waals surface area contributed by atoms with Gasteiger partial charge in [-0.05, 0) is 0 Å². The molecule has 5 heavy (non-hydrogen) atoms. The van der Waals surface area contributed by atoms with Crippen LogP contribution >= 0.6 is 0 Å². The molecule has 0 aliphatic carbocycles. The molecule has 0 saturated carbocycles. The number of hydrogen-bond acceptors (Lipinski definition) is 3. The molecule has 0 atom stereocenters. The SMILES string of the molecule is Cc1noo1. The van der Waals surface area contributed by atoms with Crippen LogP contribution in [-0.2, 0) is 0 Å². The third kappa shape index (κ3) is 0.190. The molecule has 3 nitrogen and oxygen atoms in total. The van der Waals surface area contributed by atoms with Gasteiger partial charge in [-0.15, -0.1) is 0 Å². The quantitative estimate of drug-likeness (QED) is 0.421. The lowest BCUT2D eigenvalue weighted by atomic mass is 10.8. The van der Waals surface area contributed by atoms with Gasteiger partial charge in [0.05, 0.1) is 0 Å². The Morgan fingerprint density at radius 2 is 2.20 bits per heavy atom. The van der Waals surface area contributed by atoms with E-state index in [1.165, 1.54) is 0 Å². The zero-order valence-electron chi connectivity index (χ0n) is 2.76. The molecule has 3 heteroatoms. The molecule has 1 heterocycles. The van der Waals surface area contributed by atoms with Gasteiger partial charge in [-0.2, -0.15) is 4.68 Å². The zero-order chi connectivity index (χ0) is 3.70. The first-order chi connectivity index (χ1) is 2.39. The molecule has 1 aromatic heterocycles. The van der Waals surface area contributed by atoms with Crippen LogP contribution in [0.15, 0.2) is 9.26 Å². The Hall–Kier alpha value is -0.730. The van der Waals surface area contributed by atoms with E-state index >= 15 is 0 Å². The summed E-state index contributed by atoms with van der Waals surface area (Å²) in [6.45, 7) is 1.71. The Morgan fingerprint density at radius 1 is 1.80 bits per heavy atom. The molecule has 0 aliphatic rings. The van der Waals surface area contributed by atoms with Crippen LogP contribution in [0.5, 0.6) is 0 Å². The van der Waals surface area contributed by atoms with Gasteiger partial charge in [0.2, 0.25) is 0 Å². The van der Waals surface area contributed by atoms with Crippen LogP contribution in [0.1, 0.15) is 5.89 Å². The maximum absolute atomic E-state index is 4.18. The molecule has 0 bridgehead atoms. The minimum atomic E-state index is 0.588. The Kier molecular flexibility index (Phi) is 0.304. The Balaban J connectivity index is 2.83. The maximum atomic E-state index is 4.18. The predicted molar refractivity (Wildman–Crippen MR) is 13.5 cm³/mol. The Morgan fingerprint density at radius 3 is 2.20 bits per heavy atom. The van der Waals surface area contributed by atoms with E-state index < -0.39 is 0 Å². The van der Waals surface area contributed by atoms with Gasteiger partial charge >= 0.3 is 0 Å². The van der Waals surface area contributed by atoms with Crippen LogP contribution in [0, 0.1) is 6.92 Å². The summed E-state index contributed by atoms with van der Waals surface area (Å²) in [6, 6.07) is 0. The lowest BCUT2D eigenvalue weighted by Crippen LogP contribution is -1.78. The van der Waals surface area contributed by atoms with Crippen molar-refractivity contribution in [3.63, 3.8) is 0 Å². The van der Waals surface area contributed by atoms with Crippen molar-refractivity contribution in [3.8, 4) is 0 Å². The van der Waals surface area contributed by atoms with Gasteiger partial charge in [0.25, 0.3) is 5.89 Å². The highest BCUT2D eigenvalue weighted by molar-refractivity contribution is 4.54. The van der Waals surface area contributed by atoms with Crippen molar-refractivity contribution < 1.29 is 9.26 Å². The summed E-state index contributed by atoms with van der Waals surface area (Å²) in [4.78, 5) is 0. The topological polar surface area (TPSA) is 39.2 Å². The second-order valence-corrected chi connectivity index (χ2v) is 0.768. The monoisotopic (exact) mass is 73.0 g/mol.